The second kappa shape index (κ2) is 2.45. The standard InChI is InChI=1S/C7H7BrN4/c1-4-10-7(9)5-2-3-6(8)12(5)11-4/h2-3H,1H3,(H2,9,10,11). The molecule has 0 aromatic carbocycles. The molecule has 0 aliphatic heterocycles. The summed E-state index contributed by atoms with van der Waals surface area (Å²) in [6.07, 6.45) is 0. The summed E-state index contributed by atoms with van der Waals surface area (Å²) < 4.78 is 2.60. The van der Waals surface area contributed by atoms with E-state index < -0.39 is 0 Å². The lowest BCUT2D eigenvalue weighted by Crippen LogP contribution is -2.02. The summed E-state index contributed by atoms with van der Waals surface area (Å²) in [6, 6.07) is 3.76. The van der Waals surface area contributed by atoms with E-state index in [-0.39, 0.29) is 0 Å². The van der Waals surface area contributed by atoms with Gasteiger partial charge in [0.25, 0.3) is 0 Å². The predicted molar refractivity (Wildman–Crippen MR) is 49.8 cm³/mol. The minimum Gasteiger partial charge on any atom is -0.382 e. The van der Waals surface area contributed by atoms with Gasteiger partial charge in [0.1, 0.15) is 15.9 Å². The van der Waals surface area contributed by atoms with Crippen molar-refractivity contribution in [1.82, 2.24) is 14.6 Å². The van der Waals surface area contributed by atoms with Crippen molar-refractivity contribution < 1.29 is 0 Å². The first-order valence-corrected chi connectivity index (χ1v) is 4.25. The van der Waals surface area contributed by atoms with E-state index in [2.05, 4.69) is 26.0 Å². The molecule has 0 saturated heterocycles. The Morgan fingerprint density at radius 3 is 3.00 bits per heavy atom. The number of nitrogens with two attached hydrogens (primary N) is 1. The van der Waals surface area contributed by atoms with Crippen LogP contribution in [0.5, 0.6) is 0 Å². The highest BCUT2D eigenvalue weighted by molar-refractivity contribution is 9.10. The number of aromatic nitrogens is 3. The summed E-state index contributed by atoms with van der Waals surface area (Å²) in [5.74, 6) is 1.17. The van der Waals surface area contributed by atoms with E-state index >= 15 is 0 Å². The highest BCUT2D eigenvalue weighted by atomic mass is 79.9. The molecular weight excluding hydrogens is 220 g/mol. The Bertz CT molecular complexity index is 434. The third kappa shape index (κ3) is 0.972. The van der Waals surface area contributed by atoms with Crippen molar-refractivity contribution in [3.05, 3.63) is 22.6 Å². The van der Waals surface area contributed by atoms with Gasteiger partial charge in [-0.15, -0.1) is 0 Å². The first-order chi connectivity index (χ1) is 5.68. The van der Waals surface area contributed by atoms with Crippen molar-refractivity contribution in [2.24, 2.45) is 0 Å². The molecule has 0 radical (unpaired) electrons. The lowest BCUT2D eigenvalue weighted by atomic mass is 10.5. The maximum Gasteiger partial charge on any atom is 0.151 e. The van der Waals surface area contributed by atoms with E-state index in [9.17, 15) is 0 Å². The van der Waals surface area contributed by atoms with Crippen LogP contribution in [0.4, 0.5) is 5.82 Å². The highest BCUT2D eigenvalue weighted by Gasteiger charge is 2.04. The molecule has 0 aliphatic rings. The van der Waals surface area contributed by atoms with Crippen LogP contribution < -0.4 is 5.73 Å². The van der Waals surface area contributed by atoms with Crippen molar-refractivity contribution in [2.75, 3.05) is 5.73 Å². The molecule has 0 saturated carbocycles. The Morgan fingerprint density at radius 1 is 1.50 bits per heavy atom. The molecule has 0 amide bonds. The second-order valence-corrected chi connectivity index (χ2v) is 3.31. The van der Waals surface area contributed by atoms with Crippen molar-refractivity contribution >= 4 is 27.3 Å². The minimum atomic E-state index is 0.508. The van der Waals surface area contributed by atoms with Crippen LogP contribution in [0.25, 0.3) is 5.52 Å². The number of fused-ring (bicyclic) bond motifs is 1. The van der Waals surface area contributed by atoms with Gasteiger partial charge in [0, 0.05) is 0 Å². The fraction of sp³-hybridized carbons (Fsp3) is 0.143. The zero-order valence-corrected chi connectivity index (χ0v) is 8.04. The maximum atomic E-state index is 5.68. The SMILES string of the molecule is Cc1nc(N)c2ccc(Br)n2n1. The molecule has 0 atom stereocenters. The molecule has 0 aliphatic carbocycles. The first kappa shape index (κ1) is 7.54. The number of hydrogen-bond donors (Lipinski definition) is 1. The van der Waals surface area contributed by atoms with Crippen LogP contribution in [0.3, 0.4) is 0 Å². The molecule has 2 heterocycles. The van der Waals surface area contributed by atoms with Gasteiger partial charge < -0.3 is 5.73 Å². The van der Waals surface area contributed by atoms with E-state index in [1.807, 2.05) is 19.1 Å². The Kier molecular flexibility index (Phi) is 1.54. The fourth-order valence-electron chi connectivity index (χ4n) is 1.10. The average molecular weight is 227 g/mol. The normalized spacial score (nSPS) is 10.8. The smallest absolute Gasteiger partial charge is 0.151 e. The van der Waals surface area contributed by atoms with Crippen LogP contribution in [0.2, 0.25) is 0 Å². The lowest BCUT2D eigenvalue weighted by molar-refractivity contribution is 0.847. The van der Waals surface area contributed by atoms with Crippen LogP contribution in [0.15, 0.2) is 16.7 Å². The van der Waals surface area contributed by atoms with Gasteiger partial charge >= 0.3 is 0 Å². The van der Waals surface area contributed by atoms with E-state index in [1.54, 1.807) is 4.52 Å². The Morgan fingerprint density at radius 2 is 2.25 bits per heavy atom. The molecule has 2 rings (SSSR count). The van der Waals surface area contributed by atoms with Crippen LogP contribution >= 0.6 is 15.9 Å². The number of halogens is 1. The number of rotatable bonds is 0. The molecule has 0 fully saturated rings. The van der Waals surface area contributed by atoms with Crippen molar-refractivity contribution in [1.29, 1.82) is 0 Å². The van der Waals surface area contributed by atoms with Gasteiger partial charge in [-0.25, -0.2) is 9.50 Å². The summed E-state index contributed by atoms with van der Waals surface area (Å²) in [5, 5.41) is 4.17. The Hall–Kier alpha value is -1.10. The monoisotopic (exact) mass is 226 g/mol. The quantitative estimate of drug-likeness (QED) is 0.739. The van der Waals surface area contributed by atoms with Crippen LogP contribution in [0, 0.1) is 6.92 Å². The molecule has 0 spiro atoms. The highest BCUT2D eigenvalue weighted by Crippen LogP contribution is 2.17. The fourth-order valence-corrected chi connectivity index (χ4v) is 1.50. The minimum absolute atomic E-state index is 0.508. The first-order valence-electron chi connectivity index (χ1n) is 3.46. The van der Waals surface area contributed by atoms with E-state index in [0.29, 0.717) is 11.6 Å². The zero-order valence-electron chi connectivity index (χ0n) is 6.45. The maximum absolute atomic E-state index is 5.68. The topological polar surface area (TPSA) is 56.2 Å². The molecule has 12 heavy (non-hydrogen) atoms. The van der Waals surface area contributed by atoms with Crippen molar-refractivity contribution in [3.8, 4) is 0 Å². The second-order valence-electron chi connectivity index (χ2n) is 2.50. The third-order valence-corrected chi connectivity index (χ3v) is 2.20. The van der Waals surface area contributed by atoms with Gasteiger partial charge in [0.15, 0.2) is 5.82 Å². The van der Waals surface area contributed by atoms with Gasteiger partial charge in [-0.3, -0.25) is 0 Å². The van der Waals surface area contributed by atoms with E-state index in [1.165, 1.54) is 0 Å². The van der Waals surface area contributed by atoms with Gasteiger partial charge in [0.05, 0.1) is 0 Å². The summed E-state index contributed by atoms with van der Waals surface area (Å²) in [5.41, 5.74) is 6.50. The van der Waals surface area contributed by atoms with E-state index in [4.69, 9.17) is 5.73 Å². The number of nitrogen functional groups attached to an aromatic ring is 1. The van der Waals surface area contributed by atoms with Gasteiger partial charge in [-0.05, 0) is 35.0 Å². The zero-order chi connectivity index (χ0) is 8.72. The van der Waals surface area contributed by atoms with Gasteiger partial charge in [-0.2, -0.15) is 5.10 Å². The average Bonchev–Trinajstić information content (AvgIpc) is 2.33. The summed E-state index contributed by atoms with van der Waals surface area (Å²) >= 11 is 3.35. The third-order valence-electron chi connectivity index (χ3n) is 1.60. The largest absolute Gasteiger partial charge is 0.382 e. The summed E-state index contributed by atoms with van der Waals surface area (Å²) in [6.45, 7) is 1.81. The van der Waals surface area contributed by atoms with E-state index in [0.717, 1.165) is 10.1 Å². The molecule has 0 unspecified atom stereocenters. The molecule has 2 N–H and O–H groups in total. The molecule has 62 valence electrons. The number of nitrogens with zero attached hydrogens (tertiary/aromatic N) is 3. The van der Waals surface area contributed by atoms with Gasteiger partial charge in [0.2, 0.25) is 0 Å². The molecular formula is C7H7BrN4. The van der Waals surface area contributed by atoms with Gasteiger partial charge in [-0.1, -0.05) is 0 Å². The number of hydrogen-bond acceptors (Lipinski definition) is 3. The Balaban J connectivity index is 2.92. The molecule has 0 bridgehead atoms. The molecule has 2 aromatic heterocycles. The summed E-state index contributed by atoms with van der Waals surface area (Å²) in [4.78, 5) is 4.04. The van der Waals surface area contributed by atoms with Crippen molar-refractivity contribution in [3.63, 3.8) is 0 Å². The predicted octanol–water partition coefficient (Wildman–Crippen LogP) is 1.38. The van der Waals surface area contributed by atoms with Crippen LogP contribution in [-0.2, 0) is 0 Å². The van der Waals surface area contributed by atoms with Crippen LogP contribution in [0.1, 0.15) is 5.82 Å². The molecule has 4 nitrogen and oxygen atoms in total. The Labute approximate surface area is 77.5 Å². The number of aryl methyl sites for hydroxylation is 1. The number of anilines is 1. The molecule has 2 aromatic rings. The summed E-state index contributed by atoms with van der Waals surface area (Å²) in [7, 11) is 0. The van der Waals surface area contributed by atoms with Crippen LogP contribution in [-0.4, -0.2) is 14.6 Å². The molecule has 5 heteroatoms. The lowest BCUT2D eigenvalue weighted by Gasteiger charge is -1.99. The van der Waals surface area contributed by atoms with Crippen molar-refractivity contribution in [2.45, 2.75) is 6.92 Å².